The fourth-order valence-corrected chi connectivity index (χ4v) is 0.770. The molecule has 0 aliphatic carbocycles. The Hall–Kier alpha value is -1.93. The van der Waals surface area contributed by atoms with Crippen LogP contribution in [0.25, 0.3) is 0 Å². The van der Waals surface area contributed by atoms with Crippen LogP contribution in [0.3, 0.4) is 0 Å². The van der Waals surface area contributed by atoms with Crippen LogP contribution in [-0.2, 0) is 16.0 Å². The van der Waals surface area contributed by atoms with E-state index in [9.17, 15) is 4.79 Å². The molecule has 0 saturated carbocycles. The van der Waals surface area contributed by atoms with E-state index in [1.165, 1.54) is 0 Å². The SMILES string of the molecule is N=C=O.O=C(O)Cc1ccccc1. The molecule has 0 aliphatic heterocycles. The average molecular weight is 179 g/mol. The first kappa shape index (κ1) is 11.1. The van der Waals surface area contributed by atoms with E-state index in [1.54, 1.807) is 12.1 Å². The Morgan fingerprint density at radius 2 is 1.85 bits per heavy atom. The third kappa shape index (κ3) is 6.47. The first-order valence-corrected chi connectivity index (χ1v) is 3.50. The Morgan fingerprint density at radius 1 is 1.38 bits per heavy atom. The number of carbonyl (C=O) groups is 1. The van der Waals surface area contributed by atoms with Gasteiger partial charge in [0.2, 0.25) is 6.08 Å². The molecule has 0 aliphatic rings. The van der Waals surface area contributed by atoms with E-state index in [2.05, 4.69) is 0 Å². The lowest BCUT2D eigenvalue weighted by molar-refractivity contribution is -0.136. The van der Waals surface area contributed by atoms with Gasteiger partial charge in [0.25, 0.3) is 0 Å². The summed E-state index contributed by atoms with van der Waals surface area (Å²) in [6.07, 6.45) is 0.862. The van der Waals surface area contributed by atoms with Crippen molar-refractivity contribution < 1.29 is 14.7 Å². The molecular weight excluding hydrogens is 170 g/mol. The lowest BCUT2D eigenvalue weighted by Gasteiger charge is -1.92. The second-order valence-electron chi connectivity index (χ2n) is 2.16. The van der Waals surface area contributed by atoms with E-state index in [0.29, 0.717) is 0 Å². The Balaban J connectivity index is 0.000000424. The van der Waals surface area contributed by atoms with Crippen molar-refractivity contribution in [1.82, 2.24) is 0 Å². The topological polar surface area (TPSA) is 78.2 Å². The van der Waals surface area contributed by atoms with Crippen LogP contribution >= 0.6 is 0 Å². The molecule has 0 unspecified atom stereocenters. The van der Waals surface area contributed by atoms with Crippen molar-refractivity contribution in [2.45, 2.75) is 6.42 Å². The molecule has 1 aromatic rings. The van der Waals surface area contributed by atoms with Gasteiger partial charge in [-0.15, -0.1) is 0 Å². The first-order valence-electron chi connectivity index (χ1n) is 3.50. The van der Waals surface area contributed by atoms with Gasteiger partial charge in [0.15, 0.2) is 0 Å². The number of rotatable bonds is 2. The van der Waals surface area contributed by atoms with Crippen molar-refractivity contribution in [2.24, 2.45) is 0 Å². The van der Waals surface area contributed by atoms with Crippen molar-refractivity contribution >= 4 is 12.0 Å². The molecule has 0 radical (unpaired) electrons. The minimum Gasteiger partial charge on any atom is -0.481 e. The zero-order chi connectivity index (χ0) is 10.1. The maximum absolute atomic E-state index is 10.2. The predicted octanol–water partition coefficient (Wildman–Crippen LogP) is 1.21. The molecule has 0 spiro atoms. The molecule has 1 rings (SSSR count). The smallest absolute Gasteiger partial charge is 0.307 e. The summed E-state index contributed by atoms with van der Waals surface area (Å²) in [6, 6.07) is 9.13. The monoisotopic (exact) mass is 179 g/mol. The fourth-order valence-electron chi connectivity index (χ4n) is 0.770. The predicted molar refractivity (Wildman–Crippen MR) is 46.2 cm³/mol. The van der Waals surface area contributed by atoms with Crippen LogP contribution in [0.5, 0.6) is 0 Å². The number of hydrogen-bond donors (Lipinski definition) is 2. The highest BCUT2D eigenvalue weighted by molar-refractivity contribution is 5.70. The van der Waals surface area contributed by atoms with Crippen molar-refractivity contribution in [1.29, 1.82) is 5.41 Å². The summed E-state index contributed by atoms with van der Waals surface area (Å²) < 4.78 is 0. The van der Waals surface area contributed by atoms with E-state index in [0.717, 1.165) is 11.6 Å². The number of carboxylic acid groups (broad SMARTS) is 1. The maximum Gasteiger partial charge on any atom is 0.307 e. The van der Waals surface area contributed by atoms with Gasteiger partial charge in [-0.05, 0) is 5.56 Å². The van der Waals surface area contributed by atoms with Crippen molar-refractivity contribution in [2.75, 3.05) is 0 Å². The van der Waals surface area contributed by atoms with E-state index in [-0.39, 0.29) is 6.42 Å². The van der Waals surface area contributed by atoms with Crippen LogP contribution in [0, 0.1) is 5.41 Å². The van der Waals surface area contributed by atoms with Crippen LogP contribution in [0.2, 0.25) is 0 Å². The second kappa shape index (κ2) is 6.76. The molecular formula is C9H9NO3. The molecule has 0 fully saturated rings. The standard InChI is InChI=1S/C8H8O2.CHNO/c9-8(10)6-7-4-2-1-3-5-7;2-1-3/h1-5H,6H2,(H,9,10);2H. The highest BCUT2D eigenvalue weighted by Crippen LogP contribution is 1.98. The summed E-state index contributed by atoms with van der Waals surface area (Å²) in [4.78, 5) is 18.5. The van der Waals surface area contributed by atoms with Gasteiger partial charge >= 0.3 is 5.97 Å². The number of aliphatic carboxylic acids is 1. The highest BCUT2D eigenvalue weighted by Gasteiger charge is 1.96. The molecule has 1 aromatic carbocycles. The van der Waals surface area contributed by atoms with Gasteiger partial charge in [0.1, 0.15) is 0 Å². The van der Waals surface area contributed by atoms with Gasteiger partial charge in [0, 0.05) is 0 Å². The molecule has 0 amide bonds. The summed E-state index contributed by atoms with van der Waals surface area (Å²) in [6.45, 7) is 0. The van der Waals surface area contributed by atoms with Crippen LogP contribution in [-0.4, -0.2) is 17.2 Å². The number of nitrogens with one attached hydrogen (secondary N) is 1. The third-order valence-corrected chi connectivity index (χ3v) is 1.20. The van der Waals surface area contributed by atoms with Gasteiger partial charge in [-0.3, -0.25) is 4.79 Å². The van der Waals surface area contributed by atoms with E-state index >= 15 is 0 Å². The minimum absolute atomic E-state index is 0.112. The Labute approximate surface area is 75.3 Å². The van der Waals surface area contributed by atoms with E-state index in [4.69, 9.17) is 15.3 Å². The molecule has 2 N–H and O–H groups in total. The summed E-state index contributed by atoms with van der Waals surface area (Å²) in [5, 5.41) is 13.8. The normalized spacial score (nSPS) is 7.69. The maximum atomic E-state index is 10.2. The molecule has 68 valence electrons. The molecule has 13 heavy (non-hydrogen) atoms. The van der Waals surface area contributed by atoms with Crippen LogP contribution < -0.4 is 0 Å². The van der Waals surface area contributed by atoms with Crippen LogP contribution in [0.4, 0.5) is 0 Å². The quantitative estimate of drug-likeness (QED) is 0.529. The molecule has 0 saturated heterocycles. The zero-order valence-electron chi connectivity index (χ0n) is 6.86. The zero-order valence-corrected chi connectivity index (χ0v) is 6.86. The lowest BCUT2D eigenvalue weighted by Crippen LogP contribution is -1.98. The minimum atomic E-state index is -0.786. The third-order valence-electron chi connectivity index (χ3n) is 1.20. The van der Waals surface area contributed by atoms with E-state index < -0.39 is 5.97 Å². The largest absolute Gasteiger partial charge is 0.481 e. The number of isocyanates is 1. The van der Waals surface area contributed by atoms with Crippen LogP contribution in [0.1, 0.15) is 5.56 Å². The first-order chi connectivity index (χ1) is 6.20. The summed E-state index contributed by atoms with van der Waals surface area (Å²) >= 11 is 0. The van der Waals surface area contributed by atoms with Gasteiger partial charge in [-0.25, -0.2) is 10.2 Å². The Morgan fingerprint density at radius 3 is 2.23 bits per heavy atom. The Bertz CT molecular complexity index is 289. The molecule has 0 bridgehead atoms. The van der Waals surface area contributed by atoms with Crippen molar-refractivity contribution in [3.8, 4) is 0 Å². The number of hydrogen-bond acceptors (Lipinski definition) is 3. The van der Waals surface area contributed by atoms with Gasteiger partial charge in [-0.2, -0.15) is 0 Å². The molecule has 0 heterocycles. The van der Waals surface area contributed by atoms with Crippen LogP contribution in [0.15, 0.2) is 30.3 Å². The van der Waals surface area contributed by atoms with Gasteiger partial charge in [0.05, 0.1) is 6.42 Å². The lowest BCUT2D eigenvalue weighted by atomic mass is 10.2. The fraction of sp³-hybridized carbons (Fsp3) is 0.111. The van der Waals surface area contributed by atoms with Gasteiger partial charge < -0.3 is 5.11 Å². The van der Waals surface area contributed by atoms with E-state index in [1.807, 2.05) is 18.2 Å². The van der Waals surface area contributed by atoms with Gasteiger partial charge in [-0.1, -0.05) is 30.3 Å². The second-order valence-corrected chi connectivity index (χ2v) is 2.16. The molecule has 4 nitrogen and oxygen atoms in total. The molecule has 4 heteroatoms. The summed E-state index contributed by atoms with van der Waals surface area (Å²) in [7, 11) is 0. The molecule has 0 atom stereocenters. The summed E-state index contributed by atoms with van der Waals surface area (Å²) in [5.41, 5.74) is 0.843. The Kier molecular flexibility index (Phi) is 5.76. The highest BCUT2D eigenvalue weighted by atomic mass is 16.4. The van der Waals surface area contributed by atoms with Crippen molar-refractivity contribution in [3.05, 3.63) is 35.9 Å². The van der Waals surface area contributed by atoms with Crippen molar-refractivity contribution in [3.63, 3.8) is 0 Å². The average Bonchev–Trinajstić information content (AvgIpc) is 2.06. The number of benzene rings is 1. The summed E-state index contributed by atoms with van der Waals surface area (Å²) in [5.74, 6) is -0.786. The number of carboxylic acids is 1. The molecule has 0 aromatic heterocycles. The number of carbonyl (C=O) groups excluding carboxylic acids is 1.